The zero-order chi connectivity index (χ0) is 24.2. The first-order valence-corrected chi connectivity index (χ1v) is 12.7. The number of sulfonamides is 1. The van der Waals surface area contributed by atoms with Crippen LogP contribution in [0, 0.1) is 13.8 Å². The average Bonchev–Trinajstić information content (AvgIpc) is 3.42. The van der Waals surface area contributed by atoms with E-state index in [1.165, 1.54) is 39.9 Å². The molecule has 2 aromatic rings. The molecule has 178 valence electrons. The number of amides is 1. The molecule has 9 nitrogen and oxygen atoms in total. The Kier molecular flexibility index (Phi) is 7.88. The molecule has 0 saturated carbocycles. The summed E-state index contributed by atoms with van der Waals surface area (Å²) in [5.41, 5.74) is 1.01. The molecule has 1 amide bonds. The van der Waals surface area contributed by atoms with Gasteiger partial charge in [0, 0.05) is 18.0 Å². The predicted octanol–water partition coefficient (Wildman–Crippen LogP) is 3.12. The maximum atomic E-state index is 12.7. The maximum absolute atomic E-state index is 12.7. The summed E-state index contributed by atoms with van der Waals surface area (Å²) < 4.78 is 36.9. The first-order chi connectivity index (χ1) is 15.6. The third-order valence-electron chi connectivity index (χ3n) is 5.22. The molecule has 1 N–H and O–H groups in total. The molecular formula is C22H26N2O7S2. The molecule has 33 heavy (non-hydrogen) atoms. The quantitative estimate of drug-likeness (QED) is 0.560. The van der Waals surface area contributed by atoms with Gasteiger partial charge in [-0.15, -0.1) is 11.3 Å². The molecule has 0 aliphatic carbocycles. The van der Waals surface area contributed by atoms with Crippen LogP contribution in [0.2, 0.25) is 0 Å². The standard InChI is InChI=1S/C22H26N2O7S2/c1-4-30-22(27)19-14(2)15(3)32-20(19)23-18(25)13-31-21(26)16-8-7-9-17(12-16)33(28,29)24-10-5-6-11-24/h7-9,12H,4-6,10-11,13H2,1-3H3,(H,23,25). The molecule has 1 aliphatic heterocycles. The third kappa shape index (κ3) is 5.60. The number of thiophene rings is 1. The predicted molar refractivity (Wildman–Crippen MR) is 123 cm³/mol. The monoisotopic (exact) mass is 494 g/mol. The summed E-state index contributed by atoms with van der Waals surface area (Å²) in [4.78, 5) is 37.9. The molecule has 11 heteroatoms. The van der Waals surface area contributed by atoms with Gasteiger partial charge in [-0.05, 0) is 57.4 Å². The van der Waals surface area contributed by atoms with E-state index in [1.54, 1.807) is 13.8 Å². The van der Waals surface area contributed by atoms with Crippen molar-refractivity contribution >= 4 is 44.2 Å². The van der Waals surface area contributed by atoms with E-state index in [2.05, 4.69) is 5.32 Å². The van der Waals surface area contributed by atoms with Crippen LogP contribution in [-0.4, -0.2) is 56.9 Å². The van der Waals surface area contributed by atoms with E-state index in [9.17, 15) is 22.8 Å². The van der Waals surface area contributed by atoms with Gasteiger partial charge >= 0.3 is 11.9 Å². The van der Waals surface area contributed by atoms with E-state index in [0.29, 0.717) is 23.7 Å². The molecule has 3 rings (SSSR count). The second-order valence-corrected chi connectivity index (χ2v) is 10.6. The fourth-order valence-electron chi connectivity index (χ4n) is 3.40. The van der Waals surface area contributed by atoms with Crippen molar-refractivity contribution < 1.29 is 32.3 Å². The van der Waals surface area contributed by atoms with Gasteiger partial charge in [0.15, 0.2) is 6.61 Å². The summed E-state index contributed by atoms with van der Waals surface area (Å²) in [6, 6.07) is 5.56. The largest absolute Gasteiger partial charge is 0.462 e. The SMILES string of the molecule is CCOC(=O)c1c(NC(=O)COC(=O)c2cccc(S(=O)(=O)N3CCCC3)c2)sc(C)c1C. The number of esters is 2. The van der Waals surface area contributed by atoms with Gasteiger partial charge in [0.25, 0.3) is 5.91 Å². The number of aryl methyl sites for hydroxylation is 1. The van der Waals surface area contributed by atoms with Crippen molar-refractivity contribution in [3.63, 3.8) is 0 Å². The lowest BCUT2D eigenvalue weighted by atomic mass is 10.1. The summed E-state index contributed by atoms with van der Waals surface area (Å²) >= 11 is 1.23. The highest BCUT2D eigenvalue weighted by atomic mass is 32.2. The topological polar surface area (TPSA) is 119 Å². The molecule has 1 saturated heterocycles. The van der Waals surface area contributed by atoms with Crippen LogP contribution in [0.4, 0.5) is 5.00 Å². The molecule has 0 atom stereocenters. The normalized spacial score (nSPS) is 14.2. The molecule has 0 bridgehead atoms. The highest BCUT2D eigenvalue weighted by Gasteiger charge is 2.28. The minimum absolute atomic E-state index is 0.00640. The van der Waals surface area contributed by atoms with E-state index < -0.39 is 34.5 Å². The van der Waals surface area contributed by atoms with Gasteiger partial charge in [0.2, 0.25) is 10.0 Å². The lowest BCUT2D eigenvalue weighted by Gasteiger charge is -2.15. The summed E-state index contributed by atoms with van der Waals surface area (Å²) in [5, 5.41) is 2.91. The third-order valence-corrected chi connectivity index (χ3v) is 8.24. The van der Waals surface area contributed by atoms with Gasteiger partial charge in [-0.3, -0.25) is 4.79 Å². The summed E-state index contributed by atoms with van der Waals surface area (Å²) in [6.07, 6.45) is 1.61. The van der Waals surface area contributed by atoms with Crippen LogP contribution < -0.4 is 5.32 Å². The first-order valence-electron chi connectivity index (χ1n) is 10.5. The number of ether oxygens (including phenoxy) is 2. The number of carbonyl (C=O) groups is 3. The van der Waals surface area contributed by atoms with Crippen molar-refractivity contribution in [1.29, 1.82) is 0 Å². The number of rotatable bonds is 8. The van der Waals surface area contributed by atoms with E-state index in [1.807, 2.05) is 6.92 Å². The van der Waals surface area contributed by atoms with Crippen molar-refractivity contribution in [1.82, 2.24) is 4.31 Å². The highest BCUT2D eigenvalue weighted by molar-refractivity contribution is 7.89. The Morgan fingerprint density at radius 1 is 1.09 bits per heavy atom. The van der Waals surface area contributed by atoms with Crippen LogP contribution in [0.5, 0.6) is 0 Å². The van der Waals surface area contributed by atoms with Crippen molar-refractivity contribution in [2.75, 3.05) is 31.6 Å². The van der Waals surface area contributed by atoms with Crippen molar-refractivity contribution in [3.05, 3.63) is 45.8 Å². The molecule has 1 aromatic carbocycles. The Bertz CT molecular complexity index is 1170. The molecule has 0 spiro atoms. The van der Waals surface area contributed by atoms with E-state index in [4.69, 9.17) is 9.47 Å². The number of nitrogens with one attached hydrogen (secondary N) is 1. The fraction of sp³-hybridized carbons (Fsp3) is 0.409. The first kappa shape index (κ1) is 24.9. The van der Waals surface area contributed by atoms with E-state index in [-0.39, 0.29) is 22.6 Å². The molecule has 0 radical (unpaired) electrons. The molecular weight excluding hydrogens is 468 g/mol. The Morgan fingerprint density at radius 2 is 1.79 bits per heavy atom. The van der Waals surface area contributed by atoms with Crippen LogP contribution in [0.25, 0.3) is 0 Å². The van der Waals surface area contributed by atoms with Gasteiger partial charge < -0.3 is 14.8 Å². The van der Waals surface area contributed by atoms with E-state index in [0.717, 1.165) is 17.7 Å². The zero-order valence-electron chi connectivity index (χ0n) is 18.7. The number of nitrogens with zero attached hydrogens (tertiary/aromatic N) is 1. The van der Waals surface area contributed by atoms with Gasteiger partial charge in [0.05, 0.1) is 22.6 Å². The van der Waals surface area contributed by atoms with Gasteiger partial charge in [-0.2, -0.15) is 4.31 Å². The van der Waals surface area contributed by atoms with Crippen LogP contribution in [0.15, 0.2) is 29.2 Å². The maximum Gasteiger partial charge on any atom is 0.341 e. The number of hydrogen-bond donors (Lipinski definition) is 1. The fourth-order valence-corrected chi connectivity index (χ4v) is 6.03. The van der Waals surface area contributed by atoms with Crippen LogP contribution in [0.1, 0.15) is 50.9 Å². The highest BCUT2D eigenvalue weighted by Crippen LogP contribution is 2.33. The lowest BCUT2D eigenvalue weighted by molar-refractivity contribution is -0.119. The van der Waals surface area contributed by atoms with E-state index >= 15 is 0 Å². The second-order valence-electron chi connectivity index (χ2n) is 7.47. The van der Waals surface area contributed by atoms with Crippen molar-refractivity contribution in [2.45, 2.75) is 38.5 Å². The van der Waals surface area contributed by atoms with Crippen molar-refractivity contribution in [3.8, 4) is 0 Å². The van der Waals surface area contributed by atoms with Crippen LogP contribution in [-0.2, 0) is 24.3 Å². The molecule has 1 aliphatic rings. The Labute approximate surface area is 196 Å². The van der Waals surface area contributed by atoms with Gasteiger partial charge in [0.1, 0.15) is 5.00 Å². The number of benzene rings is 1. The number of hydrogen-bond acceptors (Lipinski definition) is 8. The summed E-state index contributed by atoms with van der Waals surface area (Å²) in [7, 11) is -3.68. The Morgan fingerprint density at radius 3 is 2.45 bits per heavy atom. The smallest absolute Gasteiger partial charge is 0.341 e. The van der Waals surface area contributed by atoms with Crippen molar-refractivity contribution in [2.24, 2.45) is 0 Å². The average molecular weight is 495 g/mol. The molecule has 2 heterocycles. The number of anilines is 1. The minimum atomic E-state index is -3.68. The van der Waals surface area contributed by atoms with Crippen LogP contribution in [0.3, 0.4) is 0 Å². The lowest BCUT2D eigenvalue weighted by Crippen LogP contribution is -2.28. The minimum Gasteiger partial charge on any atom is -0.462 e. The summed E-state index contributed by atoms with van der Waals surface area (Å²) in [6.45, 7) is 5.78. The van der Waals surface area contributed by atoms with Crippen LogP contribution >= 0.6 is 11.3 Å². The molecule has 1 aromatic heterocycles. The molecule has 0 unspecified atom stereocenters. The number of carbonyl (C=O) groups excluding carboxylic acids is 3. The molecule has 1 fully saturated rings. The zero-order valence-corrected chi connectivity index (χ0v) is 20.3. The van der Waals surface area contributed by atoms with Gasteiger partial charge in [-0.25, -0.2) is 18.0 Å². The van der Waals surface area contributed by atoms with Gasteiger partial charge in [-0.1, -0.05) is 6.07 Å². The Hall–Kier alpha value is -2.76. The second kappa shape index (κ2) is 10.4. The Balaban J connectivity index is 1.66. The summed E-state index contributed by atoms with van der Waals surface area (Å²) in [5.74, 6) is -1.99.